The van der Waals surface area contributed by atoms with E-state index in [2.05, 4.69) is 15.1 Å². The molecule has 0 aliphatic rings. The molecule has 106 valence electrons. The molecule has 0 atom stereocenters. The van der Waals surface area contributed by atoms with Gasteiger partial charge in [-0.25, -0.2) is 0 Å². The first-order valence-corrected chi connectivity index (χ1v) is 6.68. The van der Waals surface area contributed by atoms with Gasteiger partial charge in [0.2, 0.25) is 5.82 Å². The maximum Gasteiger partial charge on any atom is 0.258 e. The fourth-order valence-corrected chi connectivity index (χ4v) is 2.20. The van der Waals surface area contributed by atoms with Crippen LogP contribution in [0.2, 0.25) is 0 Å². The largest absolute Gasteiger partial charge is 0.399 e. The van der Waals surface area contributed by atoms with Gasteiger partial charge in [-0.3, -0.25) is 4.98 Å². The lowest BCUT2D eigenvalue weighted by atomic mass is 10.0. The lowest BCUT2D eigenvalue weighted by molar-refractivity contribution is 0.432. The van der Waals surface area contributed by atoms with Crippen LogP contribution in [0.1, 0.15) is 16.7 Å². The zero-order valence-electron chi connectivity index (χ0n) is 12.2. The van der Waals surface area contributed by atoms with E-state index in [1.54, 1.807) is 6.20 Å². The third-order valence-corrected chi connectivity index (χ3v) is 3.49. The minimum Gasteiger partial charge on any atom is -0.399 e. The highest BCUT2D eigenvalue weighted by molar-refractivity contribution is 5.67. The van der Waals surface area contributed by atoms with E-state index < -0.39 is 0 Å². The van der Waals surface area contributed by atoms with E-state index in [-0.39, 0.29) is 0 Å². The van der Waals surface area contributed by atoms with Crippen molar-refractivity contribution in [1.29, 1.82) is 0 Å². The average Bonchev–Trinajstić information content (AvgIpc) is 2.92. The normalized spacial score (nSPS) is 10.8. The molecule has 0 fully saturated rings. The van der Waals surface area contributed by atoms with Gasteiger partial charge in [-0.2, -0.15) is 4.98 Å². The molecule has 1 aromatic carbocycles. The summed E-state index contributed by atoms with van der Waals surface area (Å²) in [5.41, 5.74) is 11.4. The summed E-state index contributed by atoms with van der Waals surface area (Å²) in [6, 6.07) is 7.63. The molecular formula is C16H16N4O. The van der Waals surface area contributed by atoms with E-state index in [9.17, 15) is 0 Å². The summed E-state index contributed by atoms with van der Waals surface area (Å²) >= 11 is 0. The molecule has 0 amide bonds. The van der Waals surface area contributed by atoms with Crippen molar-refractivity contribution in [3.05, 3.63) is 47.2 Å². The number of benzene rings is 1. The van der Waals surface area contributed by atoms with Crippen LogP contribution in [0.25, 0.3) is 23.0 Å². The summed E-state index contributed by atoms with van der Waals surface area (Å²) < 4.78 is 5.38. The second-order valence-electron chi connectivity index (χ2n) is 5.15. The molecule has 0 radical (unpaired) electrons. The quantitative estimate of drug-likeness (QED) is 0.729. The van der Waals surface area contributed by atoms with Crippen LogP contribution >= 0.6 is 0 Å². The zero-order chi connectivity index (χ0) is 15.0. The predicted molar refractivity (Wildman–Crippen MR) is 81.6 cm³/mol. The number of hydrogen-bond donors (Lipinski definition) is 1. The van der Waals surface area contributed by atoms with Crippen molar-refractivity contribution in [2.24, 2.45) is 0 Å². The van der Waals surface area contributed by atoms with Crippen LogP contribution < -0.4 is 5.73 Å². The van der Waals surface area contributed by atoms with Crippen molar-refractivity contribution in [2.45, 2.75) is 20.8 Å². The Balaban J connectivity index is 2.07. The van der Waals surface area contributed by atoms with Gasteiger partial charge in [-0.05, 0) is 61.7 Å². The molecule has 0 aliphatic heterocycles. The number of anilines is 1. The van der Waals surface area contributed by atoms with Gasteiger partial charge >= 0.3 is 0 Å². The van der Waals surface area contributed by atoms with Gasteiger partial charge in [0.25, 0.3) is 5.89 Å². The first-order chi connectivity index (χ1) is 10.0. The third-order valence-electron chi connectivity index (χ3n) is 3.49. The van der Waals surface area contributed by atoms with Crippen LogP contribution in [0.4, 0.5) is 5.69 Å². The first-order valence-electron chi connectivity index (χ1n) is 6.68. The van der Waals surface area contributed by atoms with Gasteiger partial charge in [-0.1, -0.05) is 5.16 Å². The summed E-state index contributed by atoms with van der Waals surface area (Å²) in [6.45, 7) is 6.02. The van der Waals surface area contributed by atoms with E-state index in [0.29, 0.717) is 23.1 Å². The highest BCUT2D eigenvalue weighted by atomic mass is 16.5. The summed E-state index contributed by atoms with van der Waals surface area (Å²) in [5.74, 6) is 0.939. The number of aryl methyl sites for hydroxylation is 2. The minimum atomic E-state index is 0.459. The number of pyridine rings is 1. The van der Waals surface area contributed by atoms with Crippen molar-refractivity contribution in [2.75, 3.05) is 5.73 Å². The Morgan fingerprint density at radius 1 is 1.10 bits per heavy atom. The second kappa shape index (κ2) is 5.01. The van der Waals surface area contributed by atoms with Gasteiger partial charge in [0, 0.05) is 17.4 Å². The SMILES string of the molecule is Cc1ccnc(-c2noc(-c3cc(N)cc(C)c3C)n2)c1. The third kappa shape index (κ3) is 2.50. The number of nitrogens with zero attached hydrogens (tertiary/aromatic N) is 3. The van der Waals surface area contributed by atoms with Gasteiger partial charge in [0.1, 0.15) is 5.69 Å². The molecule has 5 nitrogen and oxygen atoms in total. The van der Waals surface area contributed by atoms with Crippen molar-refractivity contribution in [3.8, 4) is 23.0 Å². The Morgan fingerprint density at radius 2 is 1.90 bits per heavy atom. The standard InChI is InChI=1S/C16H16N4O/c1-9-4-5-18-14(6-9)15-19-16(21-20-15)13-8-12(17)7-10(2)11(13)3/h4-8H,17H2,1-3H3. The highest BCUT2D eigenvalue weighted by Crippen LogP contribution is 2.28. The van der Waals surface area contributed by atoms with Gasteiger partial charge in [0.05, 0.1) is 0 Å². The molecule has 0 aliphatic carbocycles. The fraction of sp³-hybridized carbons (Fsp3) is 0.188. The summed E-state index contributed by atoms with van der Waals surface area (Å²) in [5, 5.41) is 4.01. The molecule has 0 bridgehead atoms. The Hall–Kier alpha value is -2.69. The molecule has 2 aromatic heterocycles. The lowest BCUT2D eigenvalue weighted by Crippen LogP contribution is -1.93. The smallest absolute Gasteiger partial charge is 0.258 e. The summed E-state index contributed by atoms with van der Waals surface area (Å²) in [6.07, 6.45) is 1.73. The average molecular weight is 280 g/mol. The Kier molecular flexibility index (Phi) is 3.17. The Labute approximate surface area is 122 Å². The molecule has 3 rings (SSSR count). The second-order valence-corrected chi connectivity index (χ2v) is 5.15. The van der Waals surface area contributed by atoms with Crippen LogP contribution in [-0.4, -0.2) is 15.1 Å². The molecule has 0 saturated heterocycles. The maximum absolute atomic E-state index is 5.90. The van der Waals surface area contributed by atoms with Crippen LogP contribution in [0.3, 0.4) is 0 Å². The molecule has 0 saturated carbocycles. The first kappa shape index (κ1) is 13.3. The lowest BCUT2D eigenvalue weighted by Gasteiger charge is -2.06. The minimum absolute atomic E-state index is 0.459. The van der Waals surface area contributed by atoms with Crippen molar-refractivity contribution >= 4 is 5.69 Å². The van der Waals surface area contributed by atoms with Crippen molar-refractivity contribution < 1.29 is 4.52 Å². The number of nitrogen functional groups attached to an aromatic ring is 1. The van der Waals surface area contributed by atoms with Crippen molar-refractivity contribution in [1.82, 2.24) is 15.1 Å². The molecule has 0 spiro atoms. The Morgan fingerprint density at radius 3 is 2.67 bits per heavy atom. The van der Waals surface area contributed by atoms with Gasteiger partial charge in [-0.15, -0.1) is 0 Å². The maximum atomic E-state index is 5.90. The zero-order valence-corrected chi connectivity index (χ0v) is 12.2. The molecule has 2 N–H and O–H groups in total. The van der Waals surface area contributed by atoms with E-state index in [4.69, 9.17) is 10.3 Å². The Bertz CT molecular complexity index is 808. The van der Waals surface area contributed by atoms with Crippen LogP contribution in [0.15, 0.2) is 35.0 Å². The van der Waals surface area contributed by atoms with E-state index in [1.807, 2.05) is 45.0 Å². The number of hydrogen-bond acceptors (Lipinski definition) is 5. The van der Waals surface area contributed by atoms with Gasteiger partial charge < -0.3 is 10.3 Å². The molecular weight excluding hydrogens is 264 g/mol. The summed E-state index contributed by atoms with van der Waals surface area (Å²) in [7, 11) is 0. The van der Waals surface area contributed by atoms with Crippen LogP contribution in [0.5, 0.6) is 0 Å². The predicted octanol–water partition coefficient (Wildman–Crippen LogP) is 3.31. The molecule has 2 heterocycles. The molecule has 5 heteroatoms. The topological polar surface area (TPSA) is 77.8 Å². The van der Waals surface area contributed by atoms with E-state index in [1.165, 1.54) is 0 Å². The van der Waals surface area contributed by atoms with Crippen LogP contribution in [0, 0.1) is 20.8 Å². The number of nitrogens with two attached hydrogens (primary N) is 1. The summed E-state index contributed by atoms with van der Waals surface area (Å²) in [4.78, 5) is 8.70. The fourth-order valence-electron chi connectivity index (χ4n) is 2.20. The van der Waals surface area contributed by atoms with E-state index in [0.717, 1.165) is 22.3 Å². The van der Waals surface area contributed by atoms with Crippen molar-refractivity contribution in [3.63, 3.8) is 0 Å². The number of rotatable bonds is 2. The molecule has 21 heavy (non-hydrogen) atoms. The van der Waals surface area contributed by atoms with Crippen LogP contribution in [-0.2, 0) is 0 Å². The molecule has 0 unspecified atom stereocenters. The molecule has 3 aromatic rings. The number of aromatic nitrogens is 3. The van der Waals surface area contributed by atoms with E-state index >= 15 is 0 Å². The monoisotopic (exact) mass is 280 g/mol. The van der Waals surface area contributed by atoms with Gasteiger partial charge in [0.15, 0.2) is 0 Å². The highest BCUT2D eigenvalue weighted by Gasteiger charge is 2.15.